The van der Waals surface area contributed by atoms with E-state index in [1.54, 1.807) is 6.07 Å². The summed E-state index contributed by atoms with van der Waals surface area (Å²) < 4.78 is 20.2. The van der Waals surface area contributed by atoms with E-state index in [9.17, 15) is 9.18 Å². The van der Waals surface area contributed by atoms with Crippen molar-refractivity contribution >= 4 is 17.5 Å². The number of nitrogens with zero attached hydrogens (tertiary/aromatic N) is 3. The van der Waals surface area contributed by atoms with Crippen molar-refractivity contribution in [3.05, 3.63) is 63.9 Å². The molecule has 4 rings (SSSR count). The van der Waals surface area contributed by atoms with Crippen LogP contribution in [0.4, 0.5) is 4.39 Å². The number of piperidine rings is 1. The second-order valence-corrected chi connectivity index (χ2v) is 10.9. The summed E-state index contributed by atoms with van der Waals surface area (Å²) >= 11 is 6.20. The fraction of sp³-hybridized carbons (Fsp3) is 0.536. The normalized spacial score (nSPS) is 21.8. The SMILES string of the molecule is Cc1cc(OC[C@]2(CC(=O)N3CCN(C)CC3)CCCN(Cc3cc(F)ccc3C)C2)ccc1Cl. The molecule has 35 heavy (non-hydrogen) atoms. The summed E-state index contributed by atoms with van der Waals surface area (Å²) in [5, 5.41) is 0.714. The molecular formula is C28H37ClFN3O2. The Balaban J connectivity index is 1.51. The Morgan fingerprint density at radius 2 is 1.83 bits per heavy atom. The van der Waals surface area contributed by atoms with Crippen molar-refractivity contribution in [2.24, 2.45) is 5.41 Å². The highest BCUT2D eigenvalue weighted by Gasteiger charge is 2.40. The lowest BCUT2D eigenvalue weighted by molar-refractivity contribution is -0.137. The lowest BCUT2D eigenvalue weighted by Crippen LogP contribution is -2.52. The van der Waals surface area contributed by atoms with Gasteiger partial charge in [0.25, 0.3) is 0 Å². The first-order valence-corrected chi connectivity index (χ1v) is 12.9. The summed E-state index contributed by atoms with van der Waals surface area (Å²) in [6.45, 7) is 10.2. The van der Waals surface area contributed by atoms with Crippen LogP contribution in [0.5, 0.6) is 5.75 Å². The van der Waals surface area contributed by atoms with Crippen LogP contribution < -0.4 is 4.74 Å². The summed E-state index contributed by atoms with van der Waals surface area (Å²) in [7, 11) is 2.10. The molecule has 2 heterocycles. The third kappa shape index (κ3) is 6.75. The molecule has 190 valence electrons. The number of hydrogen-bond acceptors (Lipinski definition) is 4. The maximum absolute atomic E-state index is 13.9. The molecule has 1 amide bonds. The third-order valence-electron chi connectivity index (χ3n) is 7.50. The molecule has 0 spiro atoms. The van der Waals surface area contributed by atoms with E-state index in [4.69, 9.17) is 16.3 Å². The summed E-state index contributed by atoms with van der Waals surface area (Å²) in [4.78, 5) is 20.0. The van der Waals surface area contributed by atoms with Crippen LogP contribution in [0.1, 0.15) is 36.0 Å². The Morgan fingerprint density at radius 3 is 2.57 bits per heavy atom. The highest BCUT2D eigenvalue weighted by Crippen LogP contribution is 2.36. The lowest BCUT2D eigenvalue weighted by Gasteiger charge is -2.44. The summed E-state index contributed by atoms with van der Waals surface area (Å²) in [5.74, 6) is 0.773. The minimum Gasteiger partial charge on any atom is -0.493 e. The van der Waals surface area contributed by atoms with Gasteiger partial charge in [0, 0.05) is 56.1 Å². The number of rotatable bonds is 7. The van der Waals surface area contributed by atoms with Crippen molar-refractivity contribution in [3.63, 3.8) is 0 Å². The number of amides is 1. The number of carbonyl (C=O) groups is 1. The van der Waals surface area contributed by atoms with Gasteiger partial charge >= 0.3 is 0 Å². The number of benzene rings is 2. The van der Waals surface area contributed by atoms with E-state index in [1.807, 2.05) is 43.0 Å². The van der Waals surface area contributed by atoms with E-state index >= 15 is 0 Å². The van der Waals surface area contributed by atoms with Crippen LogP contribution >= 0.6 is 11.6 Å². The van der Waals surface area contributed by atoms with Gasteiger partial charge in [-0.3, -0.25) is 9.69 Å². The van der Waals surface area contributed by atoms with Crippen LogP contribution in [-0.2, 0) is 11.3 Å². The minimum atomic E-state index is -0.298. The molecule has 7 heteroatoms. The van der Waals surface area contributed by atoms with Gasteiger partial charge in [0.1, 0.15) is 11.6 Å². The standard InChI is InChI=1S/C28H37ClFN3O2/c1-21-5-6-24(30)16-23(21)18-32-10-4-9-28(19-32,17-27(34)33-13-11-31(3)12-14-33)20-35-25-7-8-26(29)22(2)15-25/h5-8,15-16H,4,9-14,17-20H2,1-3H3/t28-/m0/s1. The first kappa shape index (κ1) is 25.9. The zero-order chi connectivity index (χ0) is 25.0. The molecule has 2 aliphatic rings. The lowest BCUT2D eigenvalue weighted by atomic mass is 9.77. The molecule has 0 N–H and O–H groups in total. The van der Waals surface area contributed by atoms with E-state index in [-0.39, 0.29) is 17.1 Å². The number of ether oxygens (including phenoxy) is 1. The molecule has 0 bridgehead atoms. The molecule has 0 unspecified atom stereocenters. The fourth-order valence-electron chi connectivity index (χ4n) is 5.24. The van der Waals surface area contributed by atoms with Gasteiger partial charge in [-0.2, -0.15) is 0 Å². The summed E-state index contributed by atoms with van der Waals surface area (Å²) in [6.07, 6.45) is 2.37. The zero-order valence-electron chi connectivity index (χ0n) is 21.2. The quantitative estimate of drug-likeness (QED) is 0.539. The molecule has 0 aliphatic carbocycles. The third-order valence-corrected chi connectivity index (χ3v) is 7.93. The second-order valence-electron chi connectivity index (χ2n) is 10.4. The highest BCUT2D eigenvalue weighted by molar-refractivity contribution is 6.31. The van der Waals surface area contributed by atoms with Crippen LogP contribution in [0.15, 0.2) is 36.4 Å². The van der Waals surface area contributed by atoms with E-state index in [1.165, 1.54) is 6.07 Å². The number of piperazine rings is 1. The number of likely N-dealkylation sites (N-methyl/N-ethyl adjacent to an activating group) is 1. The molecule has 0 saturated carbocycles. The predicted octanol–water partition coefficient (Wildman–Crippen LogP) is 4.92. The monoisotopic (exact) mass is 501 g/mol. The van der Waals surface area contributed by atoms with Crippen molar-refractivity contribution in [1.82, 2.24) is 14.7 Å². The van der Waals surface area contributed by atoms with Crippen molar-refractivity contribution < 1.29 is 13.9 Å². The Bertz CT molecular complexity index is 1040. The predicted molar refractivity (Wildman–Crippen MR) is 138 cm³/mol. The smallest absolute Gasteiger partial charge is 0.223 e. The molecular weight excluding hydrogens is 465 g/mol. The van der Waals surface area contributed by atoms with Crippen LogP contribution in [0.2, 0.25) is 5.02 Å². The van der Waals surface area contributed by atoms with E-state index in [2.05, 4.69) is 16.8 Å². The molecule has 2 aliphatic heterocycles. The van der Waals surface area contributed by atoms with Crippen LogP contribution in [0.25, 0.3) is 0 Å². The van der Waals surface area contributed by atoms with Crippen LogP contribution in [-0.4, -0.2) is 73.5 Å². The van der Waals surface area contributed by atoms with E-state index in [0.717, 1.165) is 74.6 Å². The maximum Gasteiger partial charge on any atom is 0.223 e. The van der Waals surface area contributed by atoms with Gasteiger partial charge in [-0.15, -0.1) is 0 Å². The number of carbonyl (C=O) groups excluding carboxylic acids is 1. The first-order chi connectivity index (χ1) is 16.7. The molecule has 0 aromatic heterocycles. The molecule has 2 fully saturated rings. The Kier molecular flexibility index (Phi) is 8.35. The molecule has 2 aromatic rings. The topological polar surface area (TPSA) is 36.0 Å². The molecule has 1 atom stereocenters. The summed E-state index contributed by atoms with van der Waals surface area (Å²) in [5.41, 5.74) is 2.76. The number of halogens is 2. The van der Waals surface area contributed by atoms with Gasteiger partial charge < -0.3 is 14.5 Å². The number of hydrogen-bond donors (Lipinski definition) is 0. The summed E-state index contributed by atoms with van der Waals surface area (Å²) in [6, 6.07) is 10.7. The van der Waals surface area contributed by atoms with Crippen molar-refractivity contribution in [3.8, 4) is 5.75 Å². The average molecular weight is 502 g/mol. The largest absolute Gasteiger partial charge is 0.493 e. The van der Waals surface area contributed by atoms with Gasteiger partial charge in [-0.1, -0.05) is 17.7 Å². The van der Waals surface area contributed by atoms with Gasteiger partial charge in [0.05, 0.1) is 6.61 Å². The van der Waals surface area contributed by atoms with Gasteiger partial charge in [0.2, 0.25) is 5.91 Å². The van der Waals surface area contributed by atoms with Gasteiger partial charge in [-0.25, -0.2) is 4.39 Å². The van der Waals surface area contributed by atoms with E-state index in [0.29, 0.717) is 24.6 Å². The maximum atomic E-state index is 13.9. The number of aryl methyl sites for hydroxylation is 2. The zero-order valence-corrected chi connectivity index (χ0v) is 21.9. The molecule has 0 radical (unpaired) electrons. The second kappa shape index (κ2) is 11.3. The van der Waals surface area contributed by atoms with Crippen molar-refractivity contribution in [1.29, 1.82) is 0 Å². The Labute approximate surface area is 213 Å². The number of likely N-dealkylation sites (tertiary alicyclic amines) is 1. The molecule has 2 saturated heterocycles. The molecule has 2 aromatic carbocycles. The van der Waals surface area contributed by atoms with Gasteiger partial charge in [0.15, 0.2) is 0 Å². The van der Waals surface area contributed by atoms with Gasteiger partial charge in [-0.05, 0) is 87.3 Å². The van der Waals surface area contributed by atoms with E-state index < -0.39 is 0 Å². The fourth-order valence-corrected chi connectivity index (χ4v) is 5.36. The van der Waals surface area contributed by atoms with Crippen LogP contribution in [0.3, 0.4) is 0 Å². The first-order valence-electron chi connectivity index (χ1n) is 12.6. The minimum absolute atomic E-state index is 0.206. The van der Waals surface area contributed by atoms with Crippen molar-refractivity contribution in [2.45, 2.75) is 39.7 Å². The molecule has 5 nitrogen and oxygen atoms in total. The highest BCUT2D eigenvalue weighted by atomic mass is 35.5. The Morgan fingerprint density at radius 1 is 1.06 bits per heavy atom. The van der Waals surface area contributed by atoms with Crippen molar-refractivity contribution in [2.75, 3.05) is 52.9 Å². The Hall–Kier alpha value is -2.15. The average Bonchev–Trinajstić information content (AvgIpc) is 2.83. The van der Waals surface area contributed by atoms with Crippen LogP contribution in [0, 0.1) is 25.1 Å².